The van der Waals surface area contributed by atoms with Gasteiger partial charge >= 0.3 is 0 Å². The normalized spacial score (nSPS) is 11.4. The van der Waals surface area contributed by atoms with Crippen LogP contribution in [0, 0.1) is 0 Å². The van der Waals surface area contributed by atoms with E-state index in [4.69, 9.17) is 11.6 Å². The highest BCUT2D eigenvalue weighted by Gasteiger charge is 2.21. The minimum Gasteiger partial charge on any atom is -0.309 e. The molecule has 1 aromatic heterocycles. The molecule has 7 aromatic rings. The molecule has 0 fully saturated rings. The Bertz CT molecular complexity index is 1880. The molecular weight excluding hydrogens is 490 g/mol. The first-order chi connectivity index (χ1) is 18.3. The van der Waals surface area contributed by atoms with E-state index in [1.807, 2.05) is 12.1 Å². The molecule has 0 aliphatic carbocycles. The van der Waals surface area contributed by atoms with Crippen molar-refractivity contribution in [2.75, 3.05) is 4.90 Å². The van der Waals surface area contributed by atoms with Crippen LogP contribution in [0.1, 0.15) is 0 Å². The Kier molecular flexibility index (Phi) is 5.43. The van der Waals surface area contributed by atoms with Crippen LogP contribution in [0.3, 0.4) is 0 Å². The fourth-order valence-electron chi connectivity index (χ4n) is 5.24. The third-order valence-electron chi connectivity index (χ3n) is 6.93. The van der Waals surface area contributed by atoms with E-state index in [2.05, 4.69) is 126 Å². The number of thiophene rings is 1. The molecule has 0 unspecified atom stereocenters. The Morgan fingerprint density at radius 1 is 0.486 bits per heavy atom. The standard InChI is InChI=1S/C34H22ClNS/c35-28-14-7-17-31-33(28)34-30(16-8-18-32(34)37-31)36(29-15-6-12-25-11-4-5-13-27(25)29)26-21-19-24(20-22-26)23-9-2-1-3-10-23/h1-22H. The van der Waals surface area contributed by atoms with Gasteiger partial charge in [-0.15, -0.1) is 11.3 Å². The van der Waals surface area contributed by atoms with Crippen molar-refractivity contribution in [3.63, 3.8) is 0 Å². The van der Waals surface area contributed by atoms with Crippen molar-refractivity contribution in [3.05, 3.63) is 138 Å². The van der Waals surface area contributed by atoms with Gasteiger partial charge in [0.2, 0.25) is 0 Å². The van der Waals surface area contributed by atoms with E-state index < -0.39 is 0 Å². The van der Waals surface area contributed by atoms with Gasteiger partial charge in [0, 0.05) is 36.3 Å². The summed E-state index contributed by atoms with van der Waals surface area (Å²) >= 11 is 8.61. The van der Waals surface area contributed by atoms with E-state index in [-0.39, 0.29) is 0 Å². The summed E-state index contributed by atoms with van der Waals surface area (Å²) in [5, 5.41) is 5.51. The van der Waals surface area contributed by atoms with Gasteiger partial charge in [-0.05, 0) is 59.0 Å². The summed E-state index contributed by atoms with van der Waals surface area (Å²) in [4.78, 5) is 2.38. The zero-order valence-electron chi connectivity index (χ0n) is 19.9. The maximum Gasteiger partial charge on any atom is 0.0555 e. The molecule has 7 rings (SSSR count). The van der Waals surface area contributed by atoms with Gasteiger partial charge in [0.05, 0.1) is 11.4 Å². The van der Waals surface area contributed by atoms with E-state index in [0.717, 1.165) is 27.5 Å². The molecule has 0 aliphatic heterocycles. The second kappa shape index (κ2) is 9.08. The van der Waals surface area contributed by atoms with Crippen molar-refractivity contribution >= 4 is 70.9 Å². The third kappa shape index (κ3) is 3.77. The van der Waals surface area contributed by atoms with Gasteiger partial charge < -0.3 is 4.90 Å². The summed E-state index contributed by atoms with van der Waals surface area (Å²) in [6.45, 7) is 0. The van der Waals surface area contributed by atoms with Crippen molar-refractivity contribution in [1.29, 1.82) is 0 Å². The number of fused-ring (bicyclic) bond motifs is 4. The molecule has 1 nitrogen and oxygen atoms in total. The first kappa shape index (κ1) is 22.1. The average molecular weight is 512 g/mol. The molecule has 3 heteroatoms. The predicted octanol–water partition coefficient (Wildman–Crippen LogP) is 11.0. The smallest absolute Gasteiger partial charge is 0.0555 e. The van der Waals surface area contributed by atoms with Gasteiger partial charge in [0.15, 0.2) is 0 Å². The zero-order chi connectivity index (χ0) is 24.8. The first-order valence-electron chi connectivity index (χ1n) is 12.3. The van der Waals surface area contributed by atoms with Gasteiger partial charge in [-0.3, -0.25) is 0 Å². The van der Waals surface area contributed by atoms with Crippen molar-refractivity contribution < 1.29 is 0 Å². The summed E-state index contributed by atoms with van der Waals surface area (Å²) in [6, 6.07) is 47.2. The number of hydrogen-bond acceptors (Lipinski definition) is 2. The van der Waals surface area contributed by atoms with Crippen molar-refractivity contribution in [2.45, 2.75) is 0 Å². The van der Waals surface area contributed by atoms with E-state index in [1.165, 1.54) is 36.7 Å². The second-order valence-electron chi connectivity index (χ2n) is 9.11. The Balaban J connectivity index is 1.52. The molecule has 0 atom stereocenters. The van der Waals surface area contributed by atoms with Gasteiger partial charge in [0.1, 0.15) is 0 Å². The van der Waals surface area contributed by atoms with Gasteiger partial charge in [0.25, 0.3) is 0 Å². The van der Waals surface area contributed by atoms with E-state index in [9.17, 15) is 0 Å². The average Bonchev–Trinajstić information content (AvgIpc) is 3.35. The number of benzene rings is 6. The van der Waals surface area contributed by atoms with Crippen molar-refractivity contribution in [1.82, 2.24) is 0 Å². The minimum absolute atomic E-state index is 0.786. The van der Waals surface area contributed by atoms with Gasteiger partial charge in [-0.2, -0.15) is 0 Å². The number of nitrogens with zero attached hydrogens (tertiary/aromatic N) is 1. The highest BCUT2D eigenvalue weighted by atomic mass is 35.5. The molecule has 176 valence electrons. The number of halogens is 1. The number of hydrogen-bond donors (Lipinski definition) is 0. The highest BCUT2D eigenvalue weighted by molar-refractivity contribution is 7.26. The third-order valence-corrected chi connectivity index (χ3v) is 8.37. The Morgan fingerprint density at radius 2 is 1.11 bits per heavy atom. The molecule has 37 heavy (non-hydrogen) atoms. The van der Waals surface area contributed by atoms with Crippen molar-refractivity contribution in [3.8, 4) is 11.1 Å². The lowest BCUT2D eigenvalue weighted by atomic mass is 10.0. The molecular formula is C34H22ClNS. The summed E-state index contributed by atoms with van der Waals surface area (Å²) < 4.78 is 2.43. The van der Waals surface area contributed by atoms with Crippen LogP contribution < -0.4 is 4.90 Å². The van der Waals surface area contributed by atoms with Crippen LogP contribution in [0.25, 0.3) is 42.1 Å². The maximum atomic E-state index is 6.82. The predicted molar refractivity (Wildman–Crippen MR) is 162 cm³/mol. The molecule has 0 saturated heterocycles. The summed E-state index contributed by atoms with van der Waals surface area (Å²) in [7, 11) is 0. The highest BCUT2D eigenvalue weighted by Crippen LogP contribution is 2.47. The Labute approximate surface area is 224 Å². The van der Waals surface area contributed by atoms with E-state index in [1.54, 1.807) is 11.3 Å². The number of rotatable bonds is 4. The molecule has 0 bridgehead atoms. The van der Waals surface area contributed by atoms with Crippen LogP contribution in [-0.2, 0) is 0 Å². The topological polar surface area (TPSA) is 3.24 Å². The lowest BCUT2D eigenvalue weighted by Gasteiger charge is -2.28. The largest absolute Gasteiger partial charge is 0.309 e. The minimum atomic E-state index is 0.786. The molecule has 0 aliphatic rings. The van der Waals surface area contributed by atoms with Crippen molar-refractivity contribution in [2.24, 2.45) is 0 Å². The molecule has 0 radical (unpaired) electrons. The van der Waals surface area contributed by atoms with Crippen LogP contribution in [0.15, 0.2) is 133 Å². The molecule has 1 heterocycles. The van der Waals surface area contributed by atoms with Crippen LogP contribution >= 0.6 is 22.9 Å². The molecule has 0 amide bonds. The van der Waals surface area contributed by atoms with Gasteiger partial charge in [-0.25, -0.2) is 0 Å². The maximum absolute atomic E-state index is 6.82. The van der Waals surface area contributed by atoms with Crippen LogP contribution in [0.4, 0.5) is 17.1 Å². The first-order valence-corrected chi connectivity index (χ1v) is 13.5. The van der Waals surface area contributed by atoms with E-state index in [0.29, 0.717) is 0 Å². The van der Waals surface area contributed by atoms with Crippen LogP contribution in [0.5, 0.6) is 0 Å². The molecule has 0 N–H and O–H groups in total. The quantitative estimate of drug-likeness (QED) is 0.227. The fourth-order valence-corrected chi connectivity index (χ4v) is 6.72. The molecule has 6 aromatic carbocycles. The summed E-state index contributed by atoms with van der Waals surface area (Å²) in [5.41, 5.74) is 5.79. The van der Waals surface area contributed by atoms with Gasteiger partial charge in [-0.1, -0.05) is 103 Å². The lowest BCUT2D eigenvalue weighted by molar-refractivity contribution is 1.32. The van der Waals surface area contributed by atoms with Crippen LogP contribution in [-0.4, -0.2) is 0 Å². The van der Waals surface area contributed by atoms with E-state index >= 15 is 0 Å². The summed E-state index contributed by atoms with van der Waals surface area (Å²) in [6.07, 6.45) is 0. The fraction of sp³-hybridized carbons (Fsp3) is 0. The SMILES string of the molecule is Clc1cccc2sc3cccc(N(c4ccc(-c5ccccc5)cc4)c4cccc5ccccc45)c3c12. The number of anilines is 3. The Hall–Kier alpha value is -4.11. The van der Waals surface area contributed by atoms with Crippen LogP contribution in [0.2, 0.25) is 5.02 Å². The monoisotopic (exact) mass is 511 g/mol. The zero-order valence-corrected chi connectivity index (χ0v) is 21.5. The summed E-state index contributed by atoms with van der Waals surface area (Å²) in [5.74, 6) is 0. The molecule has 0 saturated carbocycles. The second-order valence-corrected chi connectivity index (χ2v) is 10.6. The lowest BCUT2D eigenvalue weighted by Crippen LogP contribution is -2.10. The Morgan fingerprint density at radius 3 is 1.95 bits per heavy atom. The molecule has 0 spiro atoms.